The smallest absolute Gasteiger partial charge is 0.168 e. The van der Waals surface area contributed by atoms with Crippen molar-refractivity contribution in [3.63, 3.8) is 0 Å². The molecule has 4 aliphatic rings. The van der Waals surface area contributed by atoms with Crippen molar-refractivity contribution in [3.8, 4) is 0 Å². The van der Waals surface area contributed by atoms with Crippen LogP contribution in [0.15, 0.2) is 11.6 Å². The van der Waals surface area contributed by atoms with Crippen LogP contribution in [0.5, 0.6) is 0 Å². The SMILES string of the molecule is CC1=CC(=O)CC2CC[C@@H]3[C@@H](CC[C@@]4(C)[C@H]3CCC4(O)O)[C@@]12C. The zero-order valence-corrected chi connectivity index (χ0v) is 14.6. The summed E-state index contributed by atoms with van der Waals surface area (Å²) in [6, 6.07) is 0. The Hall–Kier alpha value is -0.670. The number of carbonyl (C=O) groups is 1. The molecule has 0 aromatic carbocycles. The number of rotatable bonds is 0. The van der Waals surface area contributed by atoms with Gasteiger partial charge < -0.3 is 10.2 Å². The Morgan fingerprint density at radius 1 is 1.04 bits per heavy atom. The fourth-order valence-corrected chi connectivity index (χ4v) is 7.05. The Balaban J connectivity index is 1.72. The van der Waals surface area contributed by atoms with E-state index in [1.807, 2.05) is 6.08 Å². The maximum absolute atomic E-state index is 12.0. The largest absolute Gasteiger partial charge is 0.365 e. The number of ketones is 1. The van der Waals surface area contributed by atoms with Crippen molar-refractivity contribution in [2.45, 2.75) is 71.5 Å². The Morgan fingerprint density at radius 3 is 2.48 bits per heavy atom. The predicted molar refractivity (Wildman–Crippen MR) is 88.4 cm³/mol. The zero-order chi connectivity index (χ0) is 16.6. The Kier molecular flexibility index (Phi) is 3.23. The summed E-state index contributed by atoms with van der Waals surface area (Å²) >= 11 is 0. The first-order valence-corrected chi connectivity index (χ1v) is 9.36. The third-order valence-electron chi connectivity index (χ3n) is 8.69. The van der Waals surface area contributed by atoms with Gasteiger partial charge in [0.1, 0.15) is 0 Å². The van der Waals surface area contributed by atoms with Gasteiger partial charge in [0.15, 0.2) is 11.6 Å². The van der Waals surface area contributed by atoms with Gasteiger partial charge >= 0.3 is 0 Å². The van der Waals surface area contributed by atoms with Crippen molar-refractivity contribution in [2.24, 2.45) is 34.5 Å². The van der Waals surface area contributed by atoms with Gasteiger partial charge in [-0.3, -0.25) is 4.79 Å². The summed E-state index contributed by atoms with van der Waals surface area (Å²) in [5.74, 6) is 0.882. The third-order valence-corrected chi connectivity index (χ3v) is 8.69. The summed E-state index contributed by atoms with van der Waals surface area (Å²) in [5.41, 5.74) is 1.06. The van der Waals surface area contributed by atoms with Crippen LogP contribution in [0, 0.1) is 34.5 Å². The van der Waals surface area contributed by atoms with Crippen LogP contribution >= 0.6 is 0 Å². The lowest BCUT2D eigenvalue weighted by molar-refractivity contribution is -0.249. The van der Waals surface area contributed by atoms with E-state index in [2.05, 4.69) is 20.8 Å². The highest BCUT2D eigenvalue weighted by molar-refractivity contribution is 5.91. The van der Waals surface area contributed by atoms with Gasteiger partial charge in [-0.15, -0.1) is 0 Å². The number of hydrogen-bond donors (Lipinski definition) is 2. The highest BCUT2D eigenvalue weighted by Gasteiger charge is 2.64. The van der Waals surface area contributed by atoms with Crippen LogP contribution in [0.2, 0.25) is 0 Å². The van der Waals surface area contributed by atoms with Crippen molar-refractivity contribution in [3.05, 3.63) is 11.6 Å². The van der Waals surface area contributed by atoms with E-state index in [9.17, 15) is 15.0 Å². The minimum atomic E-state index is -1.49. The maximum atomic E-state index is 12.0. The monoisotopic (exact) mass is 318 g/mol. The Bertz CT molecular complexity index is 577. The van der Waals surface area contributed by atoms with Crippen LogP contribution in [0.3, 0.4) is 0 Å². The van der Waals surface area contributed by atoms with Gasteiger partial charge in [-0.05, 0) is 74.2 Å². The van der Waals surface area contributed by atoms with E-state index in [0.717, 1.165) is 32.1 Å². The van der Waals surface area contributed by atoms with Gasteiger partial charge in [0, 0.05) is 18.3 Å². The van der Waals surface area contributed by atoms with E-state index in [1.54, 1.807) is 0 Å². The number of allylic oxidation sites excluding steroid dienone is 2. The molecule has 23 heavy (non-hydrogen) atoms. The quantitative estimate of drug-likeness (QED) is 0.673. The molecule has 4 rings (SSSR count). The first-order valence-electron chi connectivity index (χ1n) is 9.36. The maximum Gasteiger partial charge on any atom is 0.168 e. The topological polar surface area (TPSA) is 57.5 Å². The van der Waals surface area contributed by atoms with Gasteiger partial charge in [-0.25, -0.2) is 0 Å². The fourth-order valence-electron chi connectivity index (χ4n) is 7.05. The summed E-state index contributed by atoms with van der Waals surface area (Å²) < 4.78 is 0. The van der Waals surface area contributed by atoms with Crippen LogP contribution in [-0.4, -0.2) is 21.8 Å². The zero-order valence-electron chi connectivity index (χ0n) is 14.6. The second-order valence-corrected chi connectivity index (χ2v) is 9.24. The summed E-state index contributed by atoms with van der Waals surface area (Å²) in [6.07, 6.45) is 8.29. The highest BCUT2D eigenvalue weighted by atomic mass is 16.5. The molecule has 2 N–H and O–H groups in total. The molecule has 3 fully saturated rings. The van der Waals surface area contributed by atoms with Crippen molar-refractivity contribution < 1.29 is 15.0 Å². The van der Waals surface area contributed by atoms with Gasteiger partial charge in [0.25, 0.3) is 0 Å². The highest BCUT2D eigenvalue weighted by Crippen LogP contribution is 2.67. The molecule has 3 saturated carbocycles. The average Bonchev–Trinajstić information content (AvgIpc) is 2.71. The number of carbonyl (C=O) groups excluding carboxylic acids is 1. The first kappa shape index (κ1) is 15.8. The van der Waals surface area contributed by atoms with Gasteiger partial charge in [-0.1, -0.05) is 19.4 Å². The molecule has 4 aliphatic carbocycles. The molecule has 0 saturated heterocycles. The molecule has 1 unspecified atom stereocenters. The van der Waals surface area contributed by atoms with Crippen molar-refractivity contribution in [1.82, 2.24) is 0 Å². The summed E-state index contributed by atoms with van der Waals surface area (Å²) in [4.78, 5) is 12.0. The normalized spacial score (nSPS) is 51.5. The molecule has 0 radical (unpaired) electrons. The molecular formula is C20H30O3. The number of aliphatic hydroxyl groups is 2. The Morgan fingerprint density at radius 2 is 1.74 bits per heavy atom. The minimum Gasteiger partial charge on any atom is -0.365 e. The van der Waals surface area contributed by atoms with Crippen molar-refractivity contribution in [2.75, 3.05) is 0 Å². The number of fused-ring (bicyclic) bond motifs is 5. The van der Waals surface area contributed by atoms with E-state index >= 15 is 0 Å². The van der Waals surface area contributed by atoms with E-state index in [0.29, 0.717) is 42.3 Å². The van der Waals surface area contributed by atoms with E-state index < -0.39 is 5.79 Å². The lowest BCUT2D eigenvalue weighted by Crippen LogP contribution is -2.56. The molecule has 0 aromatic heterocycles. The van der Waals surface area contributed by atoms with Crippen LogP contribution in [0.1, 0.15) is 65.7 Å². The van der Waals surface area contributed by atoms with Crippen molar-refractivity contribution >= 4 is 5.78 Å². The predicted octanol–water partition coefficient (Wildman–Crippen LogP) is 3.45. The molecule has 0 amide bonds. The molecule has 3 nitrogen and oxygen atoms in total. The minimum absolute atomic E-state index is 0.133. The molecule has 6 atom stereocenters. The average molecular weight is 318 g/mol. The van der Waals surface area contributed by atoms with E-state index in [-0.39, 0.29) is 10.8 Å². The van der Waals surface area contributed by atoms with Crippen LogP contribution < -0.4 is 0 Å². The van der Waals surface area contributed by atoms with Crippen LogP contribution in [-0.2, 0) is 4.79 Å². The molecule has 0 spiro atoms. The van der Waals surface area contributed by atoms with Gasteiger partial charge in [0.2, 0.25) is 0 Å². The second kappa shape index (κ2) is 4.70. The van der Waals surface area contributed by atoms with Gasteiger partial charge in [-0.2, -0.15) is 0 Å². The molecular weight excluding hydrogens is 288 g/mol. The van der Waals surface area contributed by atoms with E-state index in [1.165, 1.54) is 5.57 Å². The fraction of sp³-hybridized carbons (Fsp3) is 0.850. The number of hydrogen-bond acceptors (Lipinski definition) is 3. The first-order chi connectivity index (χ1) is 10.7. The Labute approximate surface area is 139 Å². The molecule has 0 bridgehead atoms. The molecule has 3 heteroatoms. The summed E-state index contributed by atoms with van der Waals surface area (Å²) in [6.45, 7) is 6.63. The molecule has 0 aromatic rings. The molecule has 0 aliphatic heterocycles. The standard InChI is InChI=1S/C20H30O3/c1-12-10-14(21)11-13-4-5-15-16-7-9-20(22,23)18(16,2)8-6-17(15)19(12,13)3/h10,13,15-17,22-23H,4-9,11H2,1-3H3/t13?,15-,16-,17+,18-,19-/m0/s1. The summed E-state index contributed by atoms with van der Waals surface area (Å²) in [5, 5.41) is 21.0. The van der Waals surface area contributed by atoms with Crippen LogP contribution in [0.4, 0.5) is 0 Å². The lowest BCUT2D eigenvalue weighted by Gasteiger charge is -2.60. The summed E-state index contributed by atoms with van der Waals surface area (Å²) in [7, 11) is 0. The van der Waals surface area contributed by atoms with Crippen molar-refractivity contribution in [1.29, 1.82) is 0 Å². The van der Waals surface area contributed by atoms with Crippen LogP contribution in [0.25, 0.3) is 0 Å². The molecule has 0 heterocycles. The second-order valence-electron chi connectivity index (χ2n) is 9.24. The lowest BCUT2D eigenvalue weighted by atomic mass is 9.44. The van der Waals surface area contributed by atoms with Gasteiger partial charge in [0.05, 0.1) is 0 Å². The van der Waals surface area contributed by atoms with E-state index in [4.69, 9.17) is 0 Å². The third kappa shape index (κ3) is 1.87. The molecule has 128 valence electrons.